The van der Waals surface area contributed by atoms with Gasteiger partial charge in [-0.15, -0.1) is 0 Å². The normalized spacial score (nSPS) is 12.9. The molecule has 10 rings (SSSR count). The van der Waals surface area contributed by atoms with Gasteiger partial charge in [0.15, 0.2) is 0 Å². The Hall–Kier alpha value is -6.64. The van der Waals surface area contributed by atoms with E-state index in [1.165, 1.54) is 49.9 Å². The molecule has 53 heavy (non-hydrogen) atoms. The maximum atomic E-state index is 6.76. The van der Waals surface area contributed by atoms with Gasteiger partial charge in [0.25, 0.3) is 0 Å². The summed E-state index contributed by atoms with van der Waals surface area (Å²) in [6.45, 7) is 4.66. The first-order chi connectivity index (χ1) is 26.0. The molecule has 1 aliphatic rings. The molecule has 0 N–H and O–H groups in total. The summed E-state index contributed by atoms with van der Waals surface area (Å²) in [6.07, 6.45) is 0. The summed E-state index contributed by atoms with van der Waals surface area (Å²) in [5.74, 6) is 0. The van der Waals surface area contributed by atoms with Gasteiger partial charge in [0.2, 0.25) is 0 Å². The molecule has 0 saturated carbocycles. The van der Waals surface area contributed by atoms with Gasteiger partial charge in [-0.2, -0.15) is 0 Å². The highest BCUT2D eigenvalue weighted by molar-refractivity contribution is 6.11. The topological polar surface area (TPSA) is 16.4 Å². The van der Waals surface area contributed by atoms with Gasteiger partial charge < -0.3 is 9.32 Å². The average molecular weight is 680 g/mol. The molecule has 0 radical (unpaired) electrons. The van der Waals surface area contributed by atoms with Crippen LogP contribution < -0.4 is 4.90 Å². The molecule has 0 amide bonds. The zero-order valence-corrected chi connectivity index (χ0v) is 29.8. The first-order valence-corrected chi connectivity index (χ1v) is 18.3. The van der Waals surface area contributed by atoms with Crippen LogP contribution in [-0.4, -0.2) is 0 Å². The average Bonchev–Trinajstić information content (AvgIpc) is 3.70. The number of rotatable bonds is 6. The van der Waals surface area contributed by atoms with Crippen molar-refractivity contribution in [2.45, 2.75) is 19.3 Å². The van der Waals surface area contributed by atoms with E-state index < -0.39 is 0 Å². The molecule has 1 aliphatic carbocycles. The third kappa shape index (κ3) is 5.18. The molecular weight excluding hydrogens is 643 g/mol. The van der Waals surface area contributed by atoms with Gasteiger partial charge in [-0.25, -0.2) is 0 Å². The largest absolute Gasteiger partial charge is 0.455 e. The van der Waals surface area contributed by atoms with Gasteiger partial charge in [0, 0.05) is 38.8 Å². The van der Waals surface area contributed by atoms with E-state index in [1.807, 2.05) is 0 Å². The molecule has 2 heteroatoms. The molecule has 8 aromatic carbocycles. The fraction of sp³-hybridized carbons (Fsp3) is 0.0588. The summed E-state index contributed by atoms with van der Waals surface area (Å²) in [5.41, 5.74) is 17.4. The standard InChI is InChI=1S/C51H37NO/c1-51(2)47-22-10-9-19-43(47)45-33-49-46(32-48(45)51)44-21-12-20-42(50(44)53-49)37-25-29-40(30-26-37)52(39-27-23-36(24-28-39)34-13-5-3-6-14-34)41-18-11-17-38(31-41)35-15-7-4-8-16-35/h3-33H,1-2H3. The van der Waals surface area contributed by atoms with Crippen molar-refractivity contribution in [3.63, 3.8) is 0 Å². The number of furan rings is 1. The highest BCUT2D eigenvalue weighted by atomic mass is 16.3. The molecule has 0 fully saturated rings. The molecule has 0 atom stereocenters. The number of para-hydroxylation sites is 1. The third-order valence-electron chi connectivity index (χ3n) is 11.1. The molecule has 0 aliphatic heterocycles. The van der Waals surface area contributed by atoms with Crippen LogP contribution in [0.4, 0.5) is 17.1 Å². The van der Waals surface area contributed by atoms with Crippen molar-refractivity contribution in [2.75, 3.05) is 4.90 Å². The van der Waals surface area contributed by atoms with E-state index in [1.54, 1.807) is 0 Å². The first kappa shape index (κ1) is 31.1. The molecule has 1 aromatic heterocycles. The van der Waals surface area contributed by atoms with E-state index in [-0.39, 0.29) is 5.41 Å². The van der Waals surface area contributed by atoms with Crippen LogP contribution in [-0.2, 0) is 5.41 Å². The van der Waals surface area contributed by atoms with Gasteiger partial charge in [-0.3, -0.25) is 0 Å². The minimum Gasteiger partial charge on any atom is -0.455 e. The lowest BCUT2D eigenvalue weighted by atomic mass is 9.82. The zero-order chi connectivity index (χ0) is 35.5. The molecular formula is C51H37NO. The molecule has 1 heterocycles. The number of hydrogen-bond donors (Lipinski definition) is 0. The van der Waals surface area contributed by atoms with Crippen molar-refractivity contribution < 1.29 is 4.42 Å². The highest BCUT2D eigenvalue weighted by Gasteiger charge is 2.36. The quantitative estimate of drug-likeness (QED) is 0.174. The number of benzene rings is 8. The van der Waals surface area contributed by atoms with Gasteiger partial charge in [-0.05, 0) is 98.6 Å². The molecule has 0 spiro atoms. The van der Waals surface area contributed by atoms with Crippen molar-refractivity contribution in [1.29, 1.82) is 0 Å². The van der Waals surface area contributed by atoms with Gasteiger partial charge in [-0.1, -0.05) is 153 Å². The zero-order valence-electron chi connectivity index (χ0n) is 29.8. The van der Waals surface area contributed by atoms with Crippen LogP contribution in [0.1, 0.15) is 25.0 Å². The monoisotopic (exact) mass is 679 g/mol. The van der Waals surface area contributed by atoms with E-state index in [2.05, 4.69) is 207 Å². The summed E-state index contributed by atoms with van der Waals surface area (Å²) >= 11 is 0. The molecule has 0 unspecified atom stereocenters. The van der Waals surface area contributed by atoms with Crippen LogP contribution >= 0.6 is 0 Å². The smallest absolute Gasteiger partial charge is 0.143 e. The number of hydrogen-bond acceptors (Lipinski definition) is 2. The summed E-state index contributed by atoms with van der Waals surface area (Å²) < 4.78 is 6.76. The van der Waals surface area contributed by atoms with Crippen LogP contribution in [0.3, 0.4) is 0 Å². The Kier molecular flexibility index (Phi) is 7.19. The number of nitrogens with zero attached hydrogens (tertiary/aromatic N) is 1. The lowest BCUT2D eigenvalue weighted by molar-refractivity contribution is 0.658. The molecule has 0 saturated heterocycles. The van der Waals surface area contributed by atoms with Crippen LogP contribution in [0.2, 0.25) is 0 Å². The van der Waals surface area contributed by atoms with Crippen LogP contribution in [0, 0.1) is 0 Å². The fourth-order valence-electron chi connectivity index (χ4n) is 8.35. The second-order valence-corrected chi connectivity index (χ2v) is 14.6. The first-order valence-electron chi connectivity index (χ1n) is 18.3. The van der Waals surface area contributed by atoms with E-state index in [4.69, 9.17) is 4.42 Å². The lowest BCUT2D eigenvalue weighted by Crippen LogP contribution is -2.14. The Morgan fingerprint density at radius 2 is 0.943 bits per heavy atom. The summed E-state index contributed by atoms with van der Waals surface area (Å²) in [4.78, 5) is 2.34. The SMILES string of the molecule is CC1(C)c2ccccc2-c2cc3oc4c(-c5ccc(N(c6ccc(-c7ccccc7)cc6)c6cccc(-c7ccccc7)c6)cc5)cccc4c3cc21. The minimum absolute atomic E-state index is 0.0640. The fourth-order valence-corrected chi connectivity index (χ4v) is 8.35. The van der Waals surface area contributed by atoms with E-state index in [0.29, 0.717) is 0 Å². The third-order valence-corrected chi connectivity index (χ3v) is 11.1. The predicted molar refractivity (Wildman–Crippen MR) is 222 cm³/mol. The maximum absolute atomic E-state index is 6.76. The van der Waals surface area contributed by atoms with Crippen molar-refractivity contribution >= 4 is 39.0 Å². The Bertz CT molecular complexity index is 2780. The van der Waals surface area contributed by atoms with Gasteiger partial charge in [0.05, 0.1) is 0 Å². The van der Waals surface area contributed by atoms with E-state index >= 15 is 0 Å². The number of fused-ring (bicyclic) bond motifs is 6. The highest BCUT2D eigenvalue weighted by Crippen LogP contribution is 2.51. The van der Waals surface area contributed by atoms with E-state index in [0.717, 1.165) is 44.7 Å². The van der Waals surface area contributed by atoms with Gasteiger partial charge in [0.1, 0.15) is 11.2 Å². The molecule has 2 nitrogen and oxygen atoms in total. The van der Waals surface area contributed by atoms with Crippen LogP contribution in [0.5, 0.6) is 0 Å². The summed E-state index contributed by atoms with van der Waals surface area (Å²) in [5, 5.41) is 2.32. The Morgan fingerprint density at radius 3 is 1.66 bits per heavy atom. The predicted octanol–water partition coefficient (Wildman–Crippen LogP) is 14.4. The van der Waals surface area contributed by atoms with Crippen molar-refractivity contribution in [1.82, 2.24) is 0 Å². The molecule has 9 aromatic rings. The van der Waals surface area contributed by atoms with Crippen molar-refractivity contribution in [3.8, 4) is 44.5 Å². The second kappa shape index (κ2) is 12.3. The maximum Gasteiger partial charge on any atom is 0.143 e. The lowest BCUT2D eigenvalue weighted by Gasteiger charge is -2.26. The van der Waals surface area contributed by atoms with Gasteiger partial charge >= 0.3 is 0 Å². The number of anilines is 3. The second-order valence-electron chi connectivity index (χ2n) is 14.6. The Morgan fingerprint density at radius 1 is 0.377 bits per heavy atom. The summed E-state index contributed by atoms with van der Waals surface area (Å²) in [7, 11) is 0. The summed E-state index contributed by atoms with van der Waals surface area (Å²) in [6, 6.07) is 67.6. The van der Waals surface area contributed by atoms with Crippen molar-refractivity contribution in [2.24, 2.45) is 0 Å². The van der Waals surface area contributed by atoms with Crippen LogP contribution in [0.25, 0.3) is 66.4 Å². The molecule has 0 bridgehead atoms. The minimum atomic E-state index is -0.0640. The van der Waals surface area contributed by atoms with Crippen molar-refractivity contribution in [3.05, 3.63) is 199 Å². The van der Waals surface area contributed by atoms with Crippen LogP contribution in [0.15, 0.2) is 192 Å². The molecule has 252 valence electrons. The Labute approximate surface area is 310 Å². The Balaban J connectivity index is 1.06. The van der Waals surface area contributed by atoms with E-state index in [9.17, 15) is 0 Å².